The van der Waals surface area contributed by atoms with Gasteiger partial charge in [0.1, 0.15) is 0 Å². The highest BCUT2D eigenvalue weighted by Crippen LogP contribution is 2.31. The molecular formula is C11H13NO2. The molecule has 0 radical (unpaired) electrons. The fraction of sp³-hybridized carbons (Fsp3) is 0.364. The first-order chi connectivity index (χ1) is 6.59. The number of fused-ring (bicyclic) bond motifs is 1. The monoisotopic (exact) mass is 191 g/mol. The molecule has 1 aliphatic heterocycles. The van der Waals surface area contributed by atoms with Crippen molar-refractivity contribution in [1.82, 2.24) is 0 Å². The highest BCUT2D eigenvalue weighted by molar-refractivity contribution is 5.89. The number of aromatic carboxylic acids is 1. The highest BCUT2D eigenvalue weighted by Gasteiger charge is 2.23. The van der Waals surface area contributed by atoms with Crippen LogP contribution >= 0.6 is 0 Å². The van der Waals surface area contributed by atoms with E-state index >= 15 is 0 Å². The molecule has 0 aliphatic carbocycles. The second-order valence-electron chi connectivity index (χ2n) is 3.81. The third kappa shape index (κ3) is 1.25. The lowest BCUT2D eigenvalue weighted by Crippen LogP contribution is -2.23. The molecule has 1 aromatic carbocycles. The lowest BCUT2D eigenvalue weighted by molar-refractivity contribution is 0.0697. The maximum Gasteiger partial charge on any atom is 0.335 e. The summed E-state index contributed by atoms with van der Waals surface area (Å²) < 4.78 is 0. The zero-order valence-electron chi connectivity index (χ0n) is 8.32. The smallest absolute Gasteiger partial charge is 0.335 e. The third-order valence-electron chi connectivity index (χ3n) is 2.89. The molecule has 0 spiro atoms. The predicted molar refractivity (Wildman–Crippen MR) is 55.0 cm³/mol. The Morgan fingerprint density at radius 2 is 2.29 bits per heavy atom. The lowest BCUT2D eigenvalue weighted by atomic mass is 10.1. The molecule has 1 heterocycles. The Hall–Kier alpha value is -1.51. The Balaban J connectivity index is 2.46. The Bertz CT molecular complexity index is 387. The first-order valence-corrected chi connectivity index (χ1v) is 4.68. The Morgan fingerprint density at radius 1 is 1.57 bits per heavy atom. The average molecular weight is 191 g/mol. The Morgan fingerprint density at radius 3 is 2.93 bits per heavy atom. The molecule has 1 aliphatic rings. The van der Waals surface area contributed by atoms with E-state index in [-0.39, 0.29) is 0 Å². The van der Waals surface area contributed by atoms with Crippen LogP contribution in [0.15, 0.2) is 18.2 Å². The predicted octanol–water partition coefficient (Wildman–Crippen LogP) is 1.77. The Kier molecular flexibility index (Phi) is 1.95. The minimum atomic E-state index is -0.860. The van der Waals surface area contributed by atoms with Crippen LogP contribution in [0.3, 0.4) is 0 Å². The second-order valence-corrected chi connectivity index (χ2v) is 3.81. The minimum Gasteiger partial charge on any atom is -0.478 e. The molecule has 1 N–H and O–H groups in total. The summed E-state index contributed by atoms with van der Waals surface area (Å²) in [6, 6.07) is 5.81. The van der Waals surface area contributed by atoms with Crippen molar-refractivity contribution in [3.8, 4) is 0 Å². The maximum atomic E-state index is 10.8. The van der Waals surface area contributed by atoms with E-state index in [1.807, 2.05) is 13.1 Å². The summed E-state index contributed by atoms with van der Waals surface area (Å²) in [5, 5.41) is 8.85. The van der Waals surface area contributed by atoms with Gasteiger partial charge >= 0.3 is 5.97 Å². The van der Waals surface area contributed by atoms with Gasteiger partial charge in [-0.25, -0.2) is 4.79 Å². The lowest BCUT2D eigenvalue weighted by Gasteiger charge is -2.18. The van der Waals surface area contributed by atoms with Gasteiger partial charge in [0.25, 0.3) is 0 Å². The molecule has 0 saturated carbocycles. The van der Waals surface area contributed by atoms with Crippen LogP contribution in [-0.2, 0) is 6.42 Å². The minimum absolute atomic E-state index is 0.365. The van der Waals surface area contributed by atoms with Gasteiger partial charge in [0.15, 0.2) is 0 Å². The van der Waals surface area contributed by atoms with Gasteiger partial charge in [-0.2, -0.15) is 0 Å². The third-order valence-corrected chi connectivity index (χ3v) is 2.89. The van der Waals surface area contributed by atoms with E-state index in [9.17, 15) is 4.79 Å². The molecule has 0 fully saturated rings. The maximum absolute atomic E-state index is 10.8. The summed E-state index contributed by atoms with van der Waals surface area (Å²) in [6.07, 6.45) is 1.01. The number of hydrogen-bond donors (Lipinski definition) is 1. The van der Waals surface area contributed by atoms with E-state index in [0.717, 1.165) is 12.1 Å². The molecule has 0 amide bonds. The van der Waals surface area contributed by atoms with E-state index in [2.05, 4.69) is 11.8 Å². The van der Waals surface area contributed by atoms with Gasteiger partial charge in [-0.1, -0.05) is 6.07 Å². The van der Waals surface area contributed by atoms with Crippen LogP contribution in [-0.4, -0.2) is 24.2 Å². The van der Waals surface area contributed by atoms with Crippen molar-refractivity contribution >= 4 is 11.7 Å². The highest BCUT2D eigenvalue weighted by atomic mass is 16.4. The number of likely N-dealkylation sites (N-methyl/N-ethyl adjacent to an activating group) is 1. The molecule has 0 bridgehead atoms. The van der Waals surface area contributed by atoms with E-state index in [1.54, 1.807) is 12.1 Å². The molecule has 0 aromatic heterocycles. The zero-order valence-corrected chi connectivity index (χ0v) is 8.32. The molecule has 0 saturated heterocycles. The molecule has 2 rings (SSSR count). The van der Waals surface area contributed by atoms with Crippen LogP contribution < -0.4 is 4.90 Å². The van der Waals surface area contributed by atoms with Crippen LogP contribution in [0, 0.1) is 0 Å². The topological polar surface area (TPSA) is 40.5 Å². The second kappa shape index (κ2) is 3.01. The largest absolute Gasteiger partial charge is 0.478 e. The van der Waals surface area contributed by atoms with Crippen LogP contribution in [0.1, 0.15) is 22.8 Å². The van der Waals surface area contributed by atoms with Crippen molar-refractivity contribution in [2.45, 2.75) is 19.4 Å². The summed E-state index contributed by atoms with van der Waals surface area (Å²) in [6.45, 7) is 2.14. The number of carboxylic acid groups (broad SMARTS) is 1. The number of anilines is 1. The van der Waals surface area contributed by atoms with Crippen LogP contribution in [0.25, 0.3) is 0 Å². The van der Waals surface area contributed by atoms with Crippen LogP contribution in [0.5, 0.6) is 0 Å². The number of benzene rings is 1. The van der Waals surface area contributed by atoms with E-state index in [4.69, 9.17) is 5.11 Å². The van der Waals surface area contributed by atoms with E-state index in [1.165, 1.54) is 5.56 Å². The van der Waals surface area contributed by atoms with Gasteiger partial charge in [-0.15, -0.1) is 0 Å². The fourth-order valence-electron chi connectivity index (χ4n) is 1.89. The number of carbonyl (C=O) groups is 1. The van der Waals surface area contributed by atoms with Crippen molar-refractivity contribution < 1.29 is 9.90 Å². The van der Waals surface area contributed by atoms with Crippen LogP contribution in [0.4, 0.5) is 5.69 Å². The number of hydrogen-bond acceptors (Lipinski definition) is 2. The van der Waals surface area contributed by atoms with Gasteiger partial charge in [0.2, 0.25) is 0 Å². The van der Waals surface area contributed by atoms with Gasteiger partial charge in [-0.3, -0.25) is 0 Å². The molecular weight excluding hydrogens is 178 g/mol. The number of carboxylic acids is 1. The molecule has 74 valence electrons. The van der Waals surface area contributed by atoms with Crippen molar-refractivity contribution in [1.29, 1.82) is 0 Å². The van der Waals surface area contributed by atoms with Gasteiger partial charge in [0, 0.05) is 18.8 Å². The summed E-state index contributed by atoms with van der Waals surface area (Å²) in [5.41, 5.74) is 2.66. The Labute approximate surface area is 83.0 Å². The zero-order chi connectivity index (χ0) is 10.3. The summed E-state index contributed by atoms with van der Waals surface area (Å²) in [4.78, 5) is 12.9. The number of nitrogens with zero attached hydrogens (tertiary/aromatic N) is 1. The fourth-order valence-corrected chi connectivity index (χ4v) is 1.89. The normalized spacial score (nSPS) is 19.6. The molecule has 3 nitrogen and oxygen atoms in total. The van der Waals surface area contributed by atoms with Crippen molar-refractivity contribution in [2.75, 3.05) is 11.9 Å². The summed E-state index contributed by atoms with van der Waals surface area (Å²) in [7, 11) is 2.00. The van der Waals surface area contributed by atoms with E-state index < -0.39 is 5.97 Å². The standard InChI is InChI=1S/C11H13NO2/c1-7-5-8-3-4-9(11(13)14)6-10(8)12(7)2/h3-4,6-7H,5H2,1-2H3,(H,13,14). The molecule has 1 atom stereocenters. The first kappa shape index (κ1) is 9.06. The van der Waals surface area contributed by atoms with Crippen LogP contribution in [0.2, 0.25) is 0 Å². The van der Waals surface area contributed by atoms with E-state index in [0.29, 0.717) is 11.6 Å². The van der Waals surface area contributed by atoms with Crippen molar-refractivity contribution in [3.05, 3.63) is 29.3 Å². The summed E-state index contributed by atoms with van der Waals surface area (Å²) in [5.74, 6) is -0.860. The molecule has 3 heteroatoms. The first-order valence-electron chi connectivity index (χ1n) is 4.68. The quantitative estimate of drug-likeness (QED) is 0.735. The average Bonchev–Trinajstić information content (AvgIpc) is 2.43. The number of rotatable bonds is 1. The molecule has 1 aromatic rings. The SMILES string of the molecule is CC1Cc2ccc(C(=O)O)cc2N1C. The van der Waals surface area contributed by atoms with Crippen molar-refractivity contribution in [2.24, 2.45) is 0 Å². The van der Waals surface area contributed by atoms with Gasteiger partial charge in [-0.05, 0) is 31.0 Å². The molecule has 1 unspecified atom stereocenters. The van der Waals surface area contributed by atoms with Gasteiger partial charge in [0.05, 0.1) is 5.56 Å². The molecule has 14 heavy (non-hydrogen) atoms. The summed E-state index contributed by atoms with van der Waals surface area (Å²) >= 11 is 0. The van der Waals surface area contributed by atoms with Crippen molar-refractivity contribution in [3.63, 3.8) is 0 Å². The van der Waals surface area contributed by atoms with Gasteiger partial charge < -0.3 is 10.0 Å².